The van der Waals surface area contributed by atoms with Gasteiger partial charge in [-0.3, -0.25) is 14.4 Å². The van der Waals surface area contributed by atoms with Crippen LogP contribution in [0.15, 0.2) is 41.2 Å². The molecule has 4 rings (SSSR count). The number of halogens is 3. The van der Waals surface area contributed by atoms with E-state index in [1.54, 1.807) is 31.7 Å². The summed E-state index contributed by atoms with van der Waals surface area (Å²) in [7, 11) is 0. The molecule has 2 heterocycles. The average Bonchev–Trinajstić information content (AvgIpc) is 3.39. The minimum Gasteiger partial charge on any atom is -0.448 e. The van der Waals surface area contributed by atoms with Crippen LogP contribution in [0.2, 0.25) is 5.02 Å². The molecule has 2 aromatic carbocycles. The van der Waals surface area contributed by atoms with Crippen LogP contribution in [0.3, 0.4) is 0 Å². The maximum absolute atomic E-state index is 15.1. The normalized spacial score (nSPS) is 17.5. The van der Waals surface area contributed by atoms with Crippen molar-refractivity contribution in [2.75, 3.05) is 0 Å². The van der Waals surface area contributed by atoms with Crippen molar-refractivity contribution in [3.05, 3.63) is 85.8 Å². The van der Waals surface area contributed by atoms with Gasteiger partial charge in [0.15, 0.2) is 17.3 Å². The molecule has 1 aliphatic rings. The third-order valence-corrected chi connectivity index (χ3v) is 7.70. The highest BCUT2D eigenvalue weighted by molar-refractivity contribution is 6.30. The summed E-state index contributed by atoms with van der Waals surface area (Å²) in [5.41, 5.74) is -0.301. The van der Waals surface area contributed by atoms with E-state index in [4.69, 9.17) is 16.3 Å². The molecule has 3 aromatic rings. The van der Waals surface area contributed by atoms with Crippen LogP contribution < -0.4 is 15.6 Å². The van der Waals surface area contributed by atoms with Gasteiger partial charge < -0.3 is 15.0 Å². The Morgan fingerprint density at radius 3 is 2.55 bits per heavy atom. The molecule has 9 nitrogen and oxygen atoms in total. The molecule has 1 aromatic heterocycles. The third kappa shape index (κ3) is 6.14. The summed E-state index contributed by atoms with van der Waals surface area (Å²) in [6.07, 6.45) is 1.02. The lowest BCUT2D eigenvalue weighted by molar-refractivity contribution is -0.137. The largest absolute Gasteiger partial charge is 0.448 e. The number of carbonyl (C=O) groups is 2. The molecule has 2 N–H and O–H groups in total. The second-order valence-corrected chi connectivity index (χ2v) is 11.4. The first-order valence-corrected chi connectivity index (χ1v) is 13.6. The van der Waals surface area contributed by atoms with E-state index in [-0.39, 0.29) is 27.6 Å². The van der Waals surface area contributed by atoms with E-state index >= 15 is 4.39 Å². The summed E-state index contributed by atoms with van der Waals surface area (Å²) in [5.74, 6) is -3.02. The summed E-state index contributed by atoms with van der Waals surface area (Å²) < 4.78 is 34.4. The number of amides is 2. The molecule has 0 radical (unpaired) electrons. The quantitative estimate of drug-likeness (QED) is 0.369. The third-order valence-electron chi connectivity index (χ3n) is 7.41. The molecule has 1 aliphatic heterocycles. The van der Waals surface area contributed by atoms with Gasteiger partial charge in [-0.15, -0.1) is 0 Å². The highest BCUT2D eigenvalue weighted by Gasteiger charge is 2.46. The Morgan fingerprint density at radius 1 is 1.19 bits per heavy atom. The molecule has 42 heavy (non-hydrogen) atoms. The average molecular weight is 598 g/mol. The SMILES string of the molecule is Cc1cc(Oc2c(C)cc(C(=O)N[C@H](C)C(=O)N3[C@H](c4ccc(F)c(Cl)c4)CC[C@@H]3C(C)(C)C#N)cc2F)c(=O)[nH]n1. The number of nitrogens with one attached hydrogen (secondary N) is 2. The molecule has 12 heteroatoms. The van der Waals surface area contributed by atoms with Crippen LogP contribution >= 0.6 is 11.6 Å². The van der Waals surface area contributed by atoms with Crippen molar-refractivity contribution in [3.8, 4) is 17.6 Å². The van der Waals surface area contributed by atoms with Gasteiger partial charge in [-0.05, 0) is 82.9 Å². The van der Waals surface area contributed by atoms with Crippen molar-refractivity contribution in [1.29, 1.82) is 5.26 Å². The van der Waals surface area contributed by atoms with E-state index in [1.807, 2.05) is 0 Å². The zero-order chi connectivity index (χ0) is 30.9. The van der Waals surface area contributed by atoms with Crippen molar-refractivity contribution in [2.24, 2.45) is 5.41 Å². The van der Waals surface area contributed by atoms with Gasteiger partial charge in [0.1, 0.15) is 11.9 Å². The first-order valence-electron chi connectivity index (χ1n) is 13.3. The minimum atomic E-state index is -1.05. The number of nitrogens with zero attached hydrogens (tertiary/aromatic N) is 3. The van der Waals surface area contributed by atoms with E-state index < -0.39 is 52.5 Å². The van der Waals surface area contributed by atoms with Gasteiger partial charge in [0.2, 0.25) is 5.91 Å². The second-order valence-electron chi connectivity index (χ2n) is 11.0. The second kappa shape index (κ2) is 11.9. The molecular weight excluding hydrogens is 568 g/mol. The summed E-state index contributed by atoms with van der Waals surface area (Å²) in [5, 5.41) is 18.4. The number of carbonyl (C=O) groups excluding carboxylic acids is 2. The van der Waals surface area contributed by atoms with Crippen molar-refractivity contribution >= 4 is 23.4 Å². The van der Waals surface area contributed by atoms with Gasteiger partial charge in [0.05, 0.1) is 34.3 Å². The number of aryl methyl sites for hydroxylation is 2. The van der Waals surface area contributed by atoms with Crippen LogP contribution in [0.5, 0.6) is 11.5 Å². The monoisotopic (exact) mass is 597 g/mol. The van der Waals surface area contributed by atoms with E-state index in [2.05, 4.69) is 21.6 Å². The molecule has 0 bridgehead atoms. The number of hydrogen-bond donors (Lipinski definition) is 2. The van der Waals surface area contributed by atoms with Gasteiger partial charge in [-0.1, -0.05) is 17.7 Å². The number of aromatic amines is 1. The fraction of sp³-hybridized carbons (Fsp3) is 0.367. The molecule has 0 spiro atoms. The van der Waals surface area contributed by atoms with Crippen LogP contribution in [-0.4, -0.2) is 39.0 Å². The van der Waals surface area contributed by atoms with Crippen LogP contribution in [0.25, 0.3) is 0 Å². The van der Waals surface area contributed by atoms with Crippen molar-refractivity contribution < 1.29 is 23.1 Å². The number of aromatic nitrogens is 2. The fourth-order valence-electron chi connectivity index (χ4n) is 5.17. The number of ether oxygens (including phenoxy) is 1. The van der Waals surface area contributed by atoms with E-state index in [0.717, 1.165) is 6.07 Å². The van der Waals surface area contributed by atoms with Crippen molar-refractivity contribution in [1.82, 2.24) is 20.4 Å². The molecule has 0 saturated carbocycles. The zero-order valence-electron chi connectivity index (χ0n) is 23.7. The predicted molar refractivity (Wildman–Crippen MR) is 151 cm³/mol. The van der Waals surface area contributed by atoms with Crippen LogP contribution in [0.1, 0.15) is 66.8 Å². The standard InChI is InChI=1S/C30H30ClF2N5O4/c1-15-10-19(13-22(33)26(15)42-24-11-16(2)36-37-28(24)40)27(39)35-17(3)29(41)38-23(8-9-25(38)30(4,5)14-34)18-6-7-21(32)20(31)12-18/h6-7,10-13,17,23,25H,8-9H2,1-5H3,(H,35,39)(H,37,40)/t17-,23+,25-/m1/s1. The first kappa shape index (κ1) is 30.7. The molecule has 0 unspecified atom stereocenters. The van der Waals surface area contributed by atoms with Gasteiger partial charge >= 0.3 is 5.56 Å². The van der Waals surface area contributed by atoms with Gasteiger partial charge in [-0.25, -0.2) is 13.9 Å². The number of H-pyrrole nitrogens is 1. The smallest absolute Gasteiger partial charge is 0.307 e. The number of rotatable bonds is 7. The van der Waals surface area contributed by atoms with Gasteiger partial charge in [0.25, 0.3) is 5.91 Å². The molecular formula is C30H30ClF2N5O4. The zero-order valence-corrected chi connectivity index (χ0v) is 24.5. The molecule has 3 atom stereocenters. The van der Waals surface area contributed by atoms with Crippen molar-refractivity contribution in [2.45, 2.75) is 65.6 Å². The molecule has 2 amide bonds. The topological polar surface area (TPSA) is 128 Å². The maximum atomic E-state index is 15.1. The summed E-state index contributed by atoms with van der Waals surface area (Å²) in [6, 6.07) is 8.16. The lowest BCUT2D eigenvalue weighted by Gasteiger charge is -2.38. The predicted octanol–water partition coefficient (Wildman–Crippen LogP) is 5.51. The summed E-state index contributed by atoms with van der Waals surface area (Å²) in [4.78, 5) is 40.6. The Balaban J connectivity index is 1.57. The number of likely N-dealkylation sites (tertiary alicyclic amines) is 1. The van der Waals surface area contributed by atoms with Crippen LogP contribution in [-0.2, 0) is 4.79 Å². The highest BCUT2D eigenvalue weighted by Crippen LogP contribution is 2.44. The lowest BCUT2D eigenvalue weighted by Crippen LogP contribution is -2.52. The fourth-order valence-corrected chi connectivity index (χ4v) is 5.36. The summed E-state index contributed by atoms with van der Waals surface area (Å²) >= 11 is 6.02. The molecule has 220 valence electrons. The Hall–Kier alpha value is -4.30. The van der Waals surface area contributed by atoms with E-state index in [1.165, 1.54) is 38.1 Å². The van der Waals surface area contributed by atoms with E-state index in [9.17, 15) is 24.0 Å². The van der Waals surface area contributed by atoms with E-state index in [0.29, 0.717) is 24.1 Å². The molecule has 0 aliphatic carbocycles. The van der Waals surface area contributed by atoms with Crippen molar-refractivity contribution in [3.63, 3.8) is 0 Å². The highest BCUT2D eigenvalue weighted by atomic mass is 35.5. The lowest BCUT2D eigenvalue weighted by atomic mass is 9.84. The molecule has 1 saturated heterocycles. The Morgan fingerprint density at radius 2 is 1.90 bits per heavy atom. The van der Waals surface area contributed by atoms with Gasteiger partial charge in [0, 0.05) is 11.6 Å². The Labute approximate surface area is 246 Å². The van der Waals surface area contributed by atoms with Gasteiger partial charge in [-0.2, -0.15) is 10.4 Å². The minimum absolute atomic E-state index is 0.0611. The van der Waals surface area contributed by atoms with Crippen LogP contribution in [0, 0.1) is 42.2 Å². The molecule has 1 fully saturated rings. The number of nitriles is 1. The Bertz CT molecular complexity index is 1630. The van der Waals surface area contributed by atoms with Crippen LogP contribution in [0.4, 0.5) is 8.78 Å². The number of benzene rings is 2. The Kier molecular flexibility index (Phi) is 8.68. The summed E-state index contributed by atoms with van der Waals surface area (Å²) in [6.45, 7) is 8.12. The first-order chi connectivity index (χ1) is 19.7. The maximum Gasteiger partial charge on any atom is 0.307 e. The number of hydrogen-bond acceptors (Lipinski definition) is 6.